The lowest BCUT2D eigenvalue weighted by molar-refractivity contribution is -0.131. The Morgan fingerprint density at radius 1 is 1.18 bits per heavy atom. The van der Waals surface area contributed by atoms with Gasteiger partial charge in [-0.2, -0.15) is 15.1 Å². The topological polar surface area (TPSA) is 117 Å². The number of carbonyl (C=O) groups excluding carboxylic acids is 1. The first-order valence-electron chi connectivity index (χ1n) is 16.8. The molecule has 6 heterocycles. The summed E-state index contributed by atoms with van der Waals surface area (Å²) in [7, 11) is 0. The molecule has 1 amide bonds. The Labute approximate surface area is 281 Å². The fourth-order valence-electron chi connectivity index (χ4n) is 7.80. The number of nitrogens with zero attached hydrogens (tertiary/aromatic N) is 8. The molecule has 3 saturated heterocycles. The highest BCUT2D eigenvalue weighted by Gasteiger charge is 2.49. The van der Waals surface area contributed by atoms with Crippen molar-refractivity contribution in [3.63, 3.8) is 0 Å². The van der Waals surface area contributed by atoms with Crippen LogP contribution in [0.1, 0.15) is 37.7 Å². The van der Waals surface area contributed by atoms with Crippen LogP contribution in [0.25, 0.3) is 37.9 Å². The molecule has 4 fully saturated rings. The van der Waals surface area contributed by atoms with Crippen LogP contribution in [-0.2, 0) is 4.79 Å². The van der Waals surface area contributed by atoms with Crippen molar-refractivity contribution in [3.05, 3.63) is 53.9 Å². The summed E-state index contributed by atoms with van der Waals surface area (Å²) >= 11 is 0. The van der Waals surface area contributed by atoms with E-state index < -0.39 is 29.5 Å². The van der Waals surface area contributed by atoms with Gasteiger partial charge in [0.25, 0.3) is 5.91 Å². The number of carbonyl (C=O) groups is 1. The summed E-state index contributed by atoms with van der Waals surface area (Å²) in [5.74, 6) is -0.857. The van der Waals surface area contributed by atoms with E-state index in [-0.39, 0.29) is 38.4 Å². The molecule has 254 valence electrons. The van der Waals surface area contributed by atoms with Crippen LogP contribution < -0.4 is 14.4 Å². The summed E-state index contributed by atoms with van der Waals surface area (Å²) in [6.45, 7) is 14.9. The van der Waals surface area contributed by atoms with E-state index in [1.165, 1.54) is 4.90 Å². The van der Waals surface area contributed by atoms with Crippen LogP contribution in [0, 0.1) is 13.5 Å². The number of aromatic nitrogens is 5. The van der Waals surface area contributed by atoms with Gasteiger partial charge in [-0.05, 0) is 50.8 Å². The Kier molecular flexibility index (Phi) is 7.82. The summed E-state index contributed by atoms with van der Waals surface area (Å²) in [5.41, 5.74) is 3.46. The molecule has 0 spiro atoms. The van der Waals surface area contributed by atoms with Crippen molar-refractivity contribution in [3.8, 4) is 23.0 Å². The van der Waals surface area contributed by atoms with Crippen molar-refractivity contribution in [1.82, 2.24) is 34.9 Å². The molecule has 1 aromatic carbocycles. The zero-order valence-electron chi connectivity index (χ0n) is 27.3. The molecule has 1 N–H and O–H groups in total. The predicted molar refractivity (Wildman–Crippen MR) is 179 cm³/mol. The molecule has 8 rings (SSSR count). The van der Waals surface area contributed by atoms with Gasteiger partial charge in [0.15, 0.2) is 11.6 Å². The Hall–Kier alpha value is -4.90. The average Bonchev–Trinajstić information content (AvgIpc) is 3.48. The average molecular weight is 670 g/mol. The maximum absolute atomic E-state index is 14.6. The van der Waals surface area contributed by atoms with Crippen LogP contribution in [-0.4, -0.2) is 111 Å². The highest BCUT2D eigenvalue weighted by molar-refractivity contribution is 6.02. The first kappa shape index (κ1) is 31.4. The van der Waals surface area contributed by atoms with Crippen LogP contribution in [0.4, 0.5) is 14.6 Å². The zero-order valence-corrected chi connectivity index (χ0v) is 27.3. The van der Waals surface area contributed by atoms with Gasteiger partial charge >= 0.3 is 6.01 Å². The minimum atomic E-state index is -1.06. The predicted octanol–water partition coefficient (Wildman–Crippen LogP) is 4.79. The van der Waals surface area contributed by atoms with E-state index in [4.69, 9.17) is 31.0 Å². The molecular formula is C35H37F2N9O3. The number of aryl methyl sites for hydroxylation is 1. The lowest BCUT2D eigenvalue weighted by Crippen LogP contribution is -2.56. The monoisotopic (exact) mass is 669 g/mol. The van der Waals surface area contributed by atoms with E-state index in [1.807, 2.05) is 24.0 Å². The van der Waals surface area contributed by atoms with Crippen molar-refractivity contribution in [1.29, 1.82) is 0 Å². The van der Waals surface area contributed by atoms with Gasteiger partial charge in [-0.1, -0.05) is 12.6 Å². The lowest BCUT2D eigenvalue weighted by Gasteiger charge is -2.39. The first-order chi connectivity index (χ1) is 23.7. The molecular weight excluding hydrogens is 632 g/mol. The number of pyridine rings is 1. The van der Waals surface area contributed by atoms with Gasteiger partial charge in [-0.15, -0.1) is 0 Å². The Morgan fingerprint density at radius 3 is 2.84 bits per heavy atom. The molecule has 0 radical (unpaired) electrons. The zero-order chi connectivity index (χ0) is 33.9. The Balaban J connectivity index is 1.26. The third-order valence-electron chi connectivity index (χ3n) is 10.3. The van der Waals surface area contributed by atoms with Crippen molar-refractivity contribution >= 4 is 33.5 Å². The number of halogens is 2. The summed E-state index contributed by atoms with van der Waals surface area (Å²) in [6, 6.07) is 3.52. The van der Waals surface area contributed by atoms with Crippen LogP contribution >= 0.6 is 0 Å². The van der Waals surface area contributed by atoms with Gasteiger partial charge in [0.1, 0.15) is 35.8 Å². The quantitative estimate of drug-likeness (QED) is 0.198. The van der Waals surface area contributed by atoms with Gasteiger partial charge in [0.2, 0.25) is 6.54 Å². The number of rotatable bonds is 9. The fourth-order valence-corrected chi connectivity index (χ4v) is 7.80. The number of ether oxygens (including phenoxy) is 2. The van der Waals surface area contributed by atoms with Gasteiger partial charge in [-0.25, -0.2) is 15.4 Å². The molecule has 3 aliphatic heterocycles. The summed E-state index contributed by atoms with van der Waals surface area (Å²) in [6.07, 6.45) is 6.64. The number of piperazine rings is 1. The van der Waals surface area contributed by atoms with E-state index in [2.05, 4.69) is 26.5 Å². The van der Waals surface area contributed by atoms with Gasteiger partial charge in [-0.3, -0.25) is 19.8 Å². The van der Waals surface area contributed by atoms with E-state index in [0.29, 0.717) is 47.7 Å². The second kappa shape index (κ2) is 12.2. The van der Waals surface area contributed by atoms with Crippen molar-refractivity contribution in [2.45, 2.75) is 62.9 Å². The SMILES string of the molecule is [C-]#[N+]C[C@H]1CN(c2nc(OC[C@@]34CCCN3C[C@H](F)C4)nc3c(OC4CC4)c(-c4c(C)ccc5[nH]ncc45)ncc23)CCN1C(=O)C(=C)F. The number of fused-ring (bicyclic) bond motifs is 3. The molecule has 49 heavy (non-hydrogen) atoms. The summed E-state index contributed by atoms with van der Waals surface area (Å²) in [5, 5.41) is 8.84. The Morgan fingerprint density at radius 2 is 2.04 bits per heavy atom. The molecule has 4 aromatic rings. The maximum atomic E-state index is 14.6. The Bertz CT molecular complexity index is 2010. The minimum absolute atomic E-state index is 0.00936. The van der Waals surface area contributed by atoms with E-state index in [9.17, 15) is 13.6 Å². The third kappa shape index (κ3) is 5.59. The lowest BCUT2D eigenvalue weighted by atomic mass is 9.95. The number of nitrogens with one attached hydrogen (secondary N) is 1. The van der Waals surface area contributed by atoms with Crippen LogP contribution in [0.15, 0.2) is 36.9 Å². The highest BCUT2D eigenvalue weighted by Crippen LogP contribution is 2.45. The smallest absolute Gasteiger partial charge is 0.319 e. The third-order valence-corrected chi connectivity index (χ3v) is 10.3. The van der Waals surface area contributed by atoms with Gasteiger partial charge in [0, 0.05) is 49.7 Å². The maximum Gasteiger partial charge on any atom is 0.319 e. The molecule has 12 nitrogen and oxygen atoms in total. The number of H-pyrrole nitrogens is 1. The molecule has 1 aliphatic carbocycles. The van der Waals surface area contributed by atoms with E-state index in [1.54, 1.807) is 12.4 Å². The largest absolute Gasteiger partial charge is 0.486 e. The molecule has 14 heteroatoms. The highest BCUT2D eigenvalue weighted by atomic mass is 19.1. The van der Waals surface area contributed by atoms with Crippen molar-refractivity contribution < 1.29 is 23.0 Å². The molecule has 3 atom stereocenters. The first-order valence-corrected chi connectivity index (χ1v) is 16.8. The number of hydrogen-bond donors (Lipinski definition) is 1. The van der Waals surface area contributed by atoms with Gasteiger partial charge in [0.05, 0.1) is 28.7 Å². The van der Waals surface area contributed by atoms with Crippen LogP contribution in [0.2, 0.25) is 0 Å². The standard InChI is InChI=1S/C35H37F2N9O3/c1-20-5-8-27-25(16-40-43-27)28(20)30-31(49-24-6-7-24)29-26(15-39-30)32(44-11-12-46(33(47)21(2)36)23(18-44)14-38-3)42-34(41-29)48-19-35-9-4-10-45(35)17-22(37)13-35/h5,8,15-16,22-24H,2,4,6-7,9-14,17-19H2,1H3,(H,40,43)/t22-,23+,35+/m1/s1. The van der Waals surface area contributed by atoms with Crippen molar-refractivity contribution in [2.24, 2.45) is 0 Å². The number of alkyl halides is 1. The normalized spacial score (nSPS) is 24.0. The number of benzene rings is 1. The van der Waals surface area contributed by atoms with Crippen molar-refractivity contribution in [2.75, 3.05) is 50.8 Å². The summed E-state index contributed by atoms with van der Waals surface area (Å²) in [4.78, 5) is 36.6. The van der Waals surface area contributed by atoms with Gasteiger partial charge < -0.3 is 24.1 Å². The van der Waals surface area contributed by atoms with Crippen LogP contribution in [0.3, 0.4) is 0 Å². The number of hydrogen-bond acceptors (Lipinski definition) is 9. The van der Waals surface area contributed by atoms with E-state index in [0.717, 1.165) is 54.3 Å². The summed E-state index contributed by atoms with van der Waals surface area (Å²) < 4.78 is 41.7. The molecule has 0 unspecified atom stereocenters. The minimum Gasteiger partial charge on any atom is -0.486 e. The fraction of sp³-hybridized carbons (Fsp3) is 0.486. The molecule has 4 aliphatic rings. The number of amides is 1. The van der Waals surface area contributed by atoms with Crippen LogP contribution in [0.5, 0.6) is 11.8 Å². The van der Waals surface area contributed by atoms with E-state index >= 15 is 0 Å². The molecule has 3 aromatic heterocycles. The second-order valence-corrected chi connectivity index (χ2v) is 13.6. The number of aromatic amines is 1. The molecule has 1 saturated carbocycles. The molecule has 0 bridgehead atoms. The number of anilines is 1. The second-order valence-electron chi connectivity index (χ2n) is 13.6.